The van der Waals surface area contributed by atoms with Crippen molar-refractivity contribution in [2.75, 3.05) is 11.4 Å². The van der Waals surface area contributed by atoms with Gasteiger partial charge in [0.1, 0.15) is 6.10 Å². The van der Waals surface area contributed by atoms with Gasteiger partial charge in [-0.25, -0.2) is 4.79 Å². The summed E-state index contributed by atoms with van der Waals surface area (Å²) in [6.07, 6.45) is 1.80. The van der Waals surface area contributed by atoms with Crippen LogP contribution in [-0.4, -0.2) is 35.5 Å². The molecule has 168 valence electrons. The van der Waals surface area contributed by atoms with Crippen molar-refractivity contribution in [3.05, 3.63) is 115 Å². The molecule has 0 N–H and O–H groups in total. The number of hydrogen-bond acceptors (Lipinski definition) is 3. The maximum atomic E-state index is 13.7. The van der Waals surface area contributed by atoms with E-state index in [1.807, 2.05) is 91.0 Å². The number of benzene rings is 3. The first-order valence-electron chi connectivity index (χ1n) is 11.2. The molecule has 0 unspecified atom stereocenters. The van der Waals surface area contributed by atoms with Gasteiger partial charge in [-0.15, -0.1) is 6.58 Å². The Hall–Kier alpha value is -3.70. The lowest BCUT2D eigenvalue weighted by molar-refractivity contribution is -0.142. The molecule has 5 heteroatoms. The lowest BCUT2D eigenvalue weighted by Gasteiger charge is -2.26. The summed E-state index contributed by atoms with van der Waals surface area (Å²) in [4.78, 5) is 30.2. The van der Waals surface area contributed by atoms with Gasteiger partial charge in [0.2, 0.25) is 0 Å². The maximum absolute atomic E-state index is 13.7. The van der Waals surface area contributed by atoms with Gasteiger partial charge in [-0.2, -0.15) is 0 Å². The van der Waals surface area contributed by atoms with Crippen molar-refractivity contribution in [2.45, 2.75) is 31.6 Å². The number of carbonyl (C=O) groups excluding carboxylic acids is 2. The molecule has 0 radical (unpaired) electrons. The predicted octanol–water partition coefficient (Wildman–Crippen LogP) is 5.23. The van der Waals surface area contributed by atoms with E-state index in [-0.39, 0.29) is 18.0 Å². The lowest BCUT2D eigenvalue weighted by Crippen LogP contribution is -2.47. The van der Waals surface area contributed by atoms with Crippen molar-refractivity contribution >= 4 is 17.6 Å². The van der Waals surface area contributed by atoms with E-state index in [0.717, 1.165) is 16.8 Å². The second kappa shape index (κ2) is 10.7. The van der Waals surface area contributed by atoms with Crippen LogP contribution in [-0.2, 0) is 22.6 Å². The molecule has 0 bridgehead atoms. The molecule has 1 aliphatic heterocycles. The van der Waals surface area contributed by atoms with Crippen LogP contribution >= 0.6 is 0 Å². The number of nitrogens with zero attached hydrogens (tertiary/aromatic N) is 2. The monoisotopic (exact) mass is 440 g/mol. The first-order chi connectivity index (χ1) is 16.2. The Balaban J connectivity index is 1.58. The van der Waals surface area contributed by atoms with Crippen LogP contribution in [0.3, 0.4) is 0 Å². The van der Waals surface area contributed by atoms with Gasteiger partial charge < -0.3 is 4.74 Å². The standard InChI is InChI=1S/C28H28N2O3/c1-2-12-26(33-21-23-15-8-4-9-16-23)27(31)30-25(19-22-13-6-3-7-14-22)20-29(28(30)32)24-17-10-5-11-18-24/h2-11,13-18,25-26H,1,12,19-21H2/t25-,26+/m0/s1. The molecule has 4 rings (SSSR count). The summed E-state index contributed by atoms with van der Waals surface area (Å²) >= 11 is 0. The van der Waals surface area contributed by atoms with E-state index in [2.05, 4.69) is 6.58 Å². The van der Waals surface area contributed by atoms with Crippen LogP contribution in [0.4, 0.5) is 10.5 Å². The molecule has 5 nitrogen and oxygen atoms in total. The third-order valence-electron chi connectivity index (χ3n) is 5.77. The Morgan fingerprint density at radius 3 is 2.12 bits per heavy atom. The number of anilines is 1. The summed E-state index contributed by atoms with van der Waals surface area (Å²) in [5.41, 5.74) is 2.83. The summed E-state index contributed by atoms with van der Waals surface area (Å²) in [5, 5.41) is 0. The molecule has 0 aliphatic carbocycles. The minimum atomic E-state index is -0.777. The van der Waals surface area contributed by atoms with Crippen LogP contribution in [0.1, 0.15) is 17.5 Å². The highest BCUT2D eigenvalue weighted by atomic mass is 16.5. The van der Waals surface area contributed by atoms with Crippen molar-refractivity contribution in [1.29, 1.82) is 0 Å². The summed E-state index contributed by atoms with van der Waals surface area (Å²) in [7, 11) is 0. The number of imide groups is 1. The molecule has 0 spiro atoms. The summed E-state index contributed by atoms with van der Waals surface area (Å²) in [5.74, 6) is -0.324. The second-order valence-electron chi connectivity index (χ2n) is 8.09. The smallest absolute Gasteiger partial charge is 0.331 e. The number of rotatable bonds is 9. The van der Waals surface area contributed by atoms with E-state index in [1.165, 1.54) is 4.90 Å². The lowest BCUT2D eigenvalue weighted by atomic mass is 10.0. The predicted molar refractivity (Wildman–Crippen MR) is 130 cm³/mol. The molecule has 0 saturated carbocycles. The molecular weight excluding hydrogens is 412 g/mol. The van der Waals surface area contributed by atoms with E-state index in [9.17, 15) is 9.59 Å². The zero-order valence-electron chi connectivity index (χ0n) is 18.5. The van der Waals surface area contributed by atoms with Crippen LogP contribution in [0.15, 0.2) is 104 Å². The van der Waals surface area contributed by atoms with Gasteiger partial charge in [0.15, 0.2) is 0 Å². The van der Waals surface area contributed by atoms with Crippen LogP contribution in [0, 0.1) is 0 Å². The van der Waals surface area contributed by atoms with E-state index in [4.69, 9.17) is 4.74 Å². The fraction of sp³-hybridized carbons (Fsp3) is 0.214. The van der Waals surface area contributed by atoms with E-state index in [0.29, 0.717) is 26.0 Å². The summed E-state index contributed by atoms with van der Waals surface area (Å²) in [6, 6.07) is 28.5. The Kier molecular flexibility index (Phi) is 7.33. The Bertz CT molecular complexity index is 1070. The van der Waals surface area contributed by atoms with Gasteiger partial charge in [-0.1, -0.05) is 84.9 Å². The minimum absolute atomic E-state index is 0.291. The highest BCUT2D eigenvalue weighted by molar-refractivity contribution is 6.06. The maximum Gasteiger partial charge on any atom is 0.331 e. The van der Waals surface area contributed by atoms with Crippen LogP contribution in [0.25, 0.3) is 0 Å². The number of para-hydroxylation sites is 1. The fourth-order valence-corrected chi connectivity index (χ4v) is 4.11. The van der Waals surface area contributed by atoms with Gasteiger partial charge in [-0.3, -0.25) is 14.6 Å². The van der Waals surface area contributed by atoms with Crippen LogP contribution < -0.4 is 4.90 Å². The van der Waals surface area contributed by atoms with Crippen molar-refractivity contribution in [2.24, 2.45) is 0 Å². The normalized spacial score (nSPS) is 16.6. The molecule has 1 fully saturated rings. The van der Waals surface area contributed by atoms with Gasteiger partial charge in [0, 0.05) is 18.7 Å². The number of ether oxygens (including phenoxy) is 1. The fourth-order valence-electron chi connectivity index (χ4n) is 4.11. The van der Waals surface area contributed by atoms with Crippen LogP contribution in [0.2, 0.25) is 0 Å². The molecule has 1 saturated heterocycles. The second-order valence-corrected chi connectivity index (χ2v) is 8.09. The zero-order chi connectivity index (χ0) is 23.0. The molecule has 3 amide bonds. The largest absolute Gasteiger partial charge is 0.363 e. The SMILES string of the molecule is C=CC[C@@H](OCc1ccccc1)C(=O)N1C(=O)N(c2ccccc2)C[C@@H]1Cc1ccccc1. The Morgan fingerprint density at radius 2 is 1.52 bits per heavy atom. The highest BCUT2D eigenvalue weighted by Gasteiger charge is 2.44. The van der Waals surface area contributed by atoms with Gasteiger partial charge >= 0.3 is 6.03 Å². The van der Waals surface area contributed by atoms with Gasteiger partial charge in [0.05, 0.1) is 12.6 Å². The quantitative estimate of drug-likeness (QED) is 0.428. The third kappa shape index (κ3) is 5.38. The molecule has 33 heavy (non-hydrogen) atoms. The molecule has 3 aromatic rings. The molecular formula is C28H28N2O3. The van der Waals surface area contributed by atoms with Gasteiger partial charge in [-0.05, 0) is 29.7 Å². The molecule has 3 aromatic carbocycles. The summed E-state index contributed by atoms with van der Waals surface area (Å²) in [6.45, 7) is 4.51. The van der Waals surface area contributed by atoms with Crippen molar-refractivity contribution in [3.63, 3.8) is 0 Å². The molecule has 1 aliphatic rings. The summed E-state index contributed by atoms with van der Waals surface area (Å²) < 4.78 is 6.00. The molecule has 1 heterocycles. The third-order valence-corrected chi connectivity index (χ3v) is 5.77. The number of urea groups is 1. The first kappa shape index (κ1) is 22.5. The molecule has 2 atom stereocenters. The van der Waals surface area contributed by atoms with Crippen molar-refractivity contribution < 1.29 is 14.3 Å². The average molecular weight is 441 g/mol. The number of amides is 3. The first-order valence-corrected chi connectivity index (χ1v) is 11.2. The Labute approximate surface area is 194 Å². The number of hydrogen-bond donors (Lipinski definition) is 0. The van der Waals surface area contributed by atoms with Crippen molar-refractivity contribution in [1.82, 2.24) is 4.90 Å². The minimum Gasteiger partial charge on any atom is -0.363 e. The van der Waals surface area contributed by atoms with E-state index < -0.39 is 6.10 Å². The van der Waals surface area contributed by atoms with Crippen LogP contribution in [0.5, 0.6) is 0 Å². The number of carbonyl (C=O) groups is 2. The topological polar surface area (TPSA) is 49.9 Å². The van der Waals surface area contributed by atoms with Gasteiger partial charge in [0.25, 0.3) is 5.91 Å². The van der Waals surface area contributed by atoms with Crippen molar-refractivity contribution in [3.8, 4) is 0 Å². The zero-order valence-corrected chi connectivity index (χ0v) is 18.5. The molecule has 0 aromatic heterocycles. The highest BCUT2D eigenvalue weighted by Crippen LogP contribution is 2.27. The Morgan fingerprint density at radius 1 is 0.939 bits per heavy atom. The van der Waals surface area contributed by atoms with E-state index in [1.54, 1.807) is 11.0 Å². The average Bonchev–Trinajstić information content (AvgIpc) is 3.18. The van der Waals surface area contributed by atoms with E-state index >= 15 is 0 Å².